The van der Waals surface area contributed by atoms with Gasteiger partial charge in [-0.05, 0) is 38.5 Å². The molecule has 3 rings (SSSR count). The van der Waals surface area contributed by atoms with Crippen LogP contribution in [0.25, 0.3) is 5.65 Å². The van der Waals surface area contributed by atoms with E-state index in [4.69, 9.17) is 23.2 Å². The Morgan fingerprint density at radius 2 is 1.96 bits per heavy atom. The first kappa shape index (κ1) is 17.3. The van der Waals surface area contributed by atoms with E-state index in [2.05, 4.69) is 10.2 Å². The first-order valence-corrected chi connectivity index (χ1v) is 8.98. The van der Waals surface area contributed by atoms with E-state index in [1.807, 2.05) is 39.0 Å². The average molecular weight is 380 g/mol. The highest BCUT2D eigenvalue weighted by atomic mass is 35.5. The molecule has 7 heteroatoms. The van der Waals surface area contributed by atoms with E-state index in [1.54, 1.807) is 16.7 Å². The molecule has 0 unspecified atom stereocenters. The summed E-state index contributed by atoms with van der Waals surface area (Å²) in [6, 6.07) is 7.50. The molecule has 0 amide bonds. The molecule has 0 radical (unpaired) electrons. The Bertz CT molecular complexity index is 939. The molecule has 24 heavy (non-hydrogen) atoms. The molecule has 2 aromatic heterocycles. The third kappa shape index (κ3) is 3.29. The molecule has 0 aliphatic carbocycles. The van der Waals surface area contributed by atoms with Crippen LogP contribution < -0.4 is 0 Å². The van der Waals surface area contributed by atoms with Gasteiger partial charge in [-0.3, -0.25) is 9.20 Å². The molecule has 0 aliphatic rings. The highest BCUT2D eigenvalue weighted by Crippen LogP contribution is 2.29. The maximum atomic E-state index is 12.8. The van der Waals surface area contributed by atoms with Crippen molar-refractivity contribution in [3.05, 3.63) is 57.2 Å². The van der Waals surface area contributed by atoms with Crippen LogP contribution in [-0.4, -0.2) is 25.6 Å². The summed E-state index contributed by atoms with van der Waals surface area (Å²) in [6.07, 6.45) is 1.69. The largest absolute Gasteiger partial charge is 0.293 e. The number of halogens is 2. The molecule has 124 valence electrons. The van der Waals surface area contributed by atoms with Gasteiger partial charge in [-0.2, -0.15) is 0 Å². The number of carbonyl (C=O) groups excluding carboxylic acids is 1. The van der Waals surface area contributed by atoms with Crippen LogP contribution in [0.1, 0.15) is 28.4 Å². The Kier molecular flexibility index (Phi) is 4.85. The first-order valence-electron chi connectivity index (χ1n) is 7.34. The number of rotatable bonds is 4. The van der Waals surface area contributed by atoms with Gasteiger partial charge in [-0.1, -0.05) is 52.7 Å². The lowest BCUT2D eigenvalue weighted by molar-refractivity contribution is 0.0993. The van der Waals surface area contributed by atoms with Crippen LogP contribution in [0.5, 0.6) is 0 Å². The van der Waals surface area contributed by atoms with Gasteiger partial charge in [0.25, 0.3) is 0 Å². The highest BCUT2D eigenvalue weighted by molar-refractivity contribution is 8.00. The van der Waals surface area contributed by atoms with Gasteiger partial charge < -0.3 is 0 Å². The van der Waals surface area contributed by atoms with Crippen molar-refractivity contribution in [3.8, 4) is 0 Å². The van der Waals surface area contributed by atoms with Gasteiger partial charge in [0.15, 0.2) is 16.6 Å². The minimum atomic E-state index is -0.310. The minimum Gasteiger partial charge on any atom is -0.293 e. The molecule has 0 N–H and O–H groups in total. The van der Waals surface area contributed by atoms with Gasteiger partial charge in [0.1, 0.15) is 0 Å². The van der Waals surface area contributed by atoms with Crippen molar-refractivity contribution in [1.29, 1.82) is 0 Å². The van der Waals surface area contributed by atoms with Gasteiger partial charge in [-0.15, -0.1) is 10.2 Å². The number of fused-ring (bicyclic) bond motifs is 1. The number of hydrogen-bond acceptors (Lipinski definition) is 4. The van der Waals surface area contributed by atoms with Crippen molar-refractivity contribution in [3.63, 3.8) is 0 Å². The monoisotopic (exact) mass is 379 g/mol. The SMILES string of the molecule is Cc1ccc(C)c(C(=O)[C@@H](C)Sc2nnc3c(Cl)cc(Cl)cn23)c1. The van der Waals surface area contributed by atoms with Gasteiger partial charge in [0.2, 0.25) is 0 Å². The van der Waals surface area contributed by atoms with Crippen LogP contribution >= 0.6 is 35.0 Å². The second-order valence-corrected chi connectivity index (χ2v) is 7.78. The Morgan fingerprint density at radius 1 is 1.21 bits per heavy atom. The summed E-state index contributed by atoms with van der Waals surface area (Å²) in [5.41, 5.74) is 3.29. The first-order chi connectivity index (χ1) is 11.4. The molecule has 0 saturated carbocycles. The van der Waals surface area contributed by atoms with Crippen LogP contribution in [0.4, 0.5) is 0 Å². The van der Waals surface area contributed by atoms with Crippen molar-refractivity contribution in [2.24, 2.45) is 0 Å². The number of aromatic nitrogens is 3. The molecule has 0 fully saturated rings. The fourth-order valence-corrected chi connectivity index (χ4v) is 3.81. The van der Waals surface area contributed by atoms with Crippen LogP contribution in [0, 0.1) is 13.8 Å². The summed E-state index contributed by atoms with van der Waals surface area (Å²) >= 11 is 13.5. The Balaban J connectivity index is 1.91. The molecule has 1 atom stereocenters. The molecule has 3 aromatic rings. The van der Waals surface area contributed by atoms with Gasteiger partial charge in [0, 0.05) is 11.8 Å². The summed E-state index contributed by atoms with van der Waals surface area (Å²) in [5, 5.41) is 9.39. The van der Waals surface area contributed by atoms with E-state index in [1.165, 1.54) is 11.8 Å². The maximum Gasteiger partial charge on any atom is 0.196 e. The smallest absolute Gasteiger partial charge is 0.196 e. The van der Waals surface area contributed by atoms with E-state index in [9.17, 15) is 4.79 Å². The molecule has 4 nitrogen and oxygen atoms in total. The third-order valence-electron chi connectivity index (χ3n) is 3.71. The summed E-state index contributed by atoms with van der Waals surface area (Å²) in [4.78, 5) is 12.8. The fraction of sp³-hybridized carbons (Fsp3) is 0.235. The second-order valence-electron chi connectivity index (χ2n) is 5.63. The van der Waals surface area contributed by atoms with Crippen molar-refractivity contribution in [1.82, 2.24) is 14.6 Å². The summed E-state index contributed by atoms with van der Waals surface area (Å²) < 4.78 is 1.71. The number of ketones is 1. The molecular weight excluding hydrogens is 365 g/mol. The number of thioether (sulfide) groups is 1. The zero-order valence-electron chi connectivity index (χ0n) is 13.4. The zero-order chi connectivity index (χ0) is 17.4. The van der Waals surface area contributed by atoms with Crippen molar-refractivity contribution in [2.75, 3.05) is 0 Å². The quantitative estimate of drug-likeness (QED) is 0.471. The number of hydrogen-bond donors (Lipinski definition) is 0. The molecule has 2 heterocycles. The molecule has 0 aliphatic heterocycles. The van der Waals surface area contributed by atoms with E-state index in [0.717, 1.165) is 16.7 Å². The number of aryl methyl sites for hydroxylation is 2. The van der Waals surface area contributed by atoms with Crippen molar-refractivity contribution >= 4 is 46.4 Å². The lowest BCUT2D eigenvalue weighted by Gasteiger charge is -2.12. The number of pyridine rings is 1. The van der Waals surface area contributed by atoms with Gasteiger partial charge in [0.05, 0.1) is 15.3 Å². The summed E-state index contributed by atoms with van der Waals surface area (Å²) in [5.74, 6) is 0.0612. The van der Waals surface area contributed by atoms with Crippen LogP contribution in [0.15, 0.2) is 35.6 Å². The maximum absolute atomic E-state index is 12.8. The third-order valence-corrected chi connectivity index (χ3v) is 5.25. The summed E-state index contributed by atoms with van der Waals surface area (Å²) in [6.45, 7) is 5.78. The number of nitrogens with zero attached hydrogens (tertiary/aromatic N) is 3. The Hall–Kier alpha value is -1.56. The second kappa shape index (κ2) is 6.75. The lowest BCUT2D eigenvalue weighted by Crippen LogP contribution is -2.15. The number of benzene rings is 1. The van der Waals surface area contributed by atoms with E-state index >= 15 is 0 Å². The van der Waals surface area contributed by atoms with Gasteiger partial charge in [-0.25, -0.2) is 0 Å². The van der Waals surface area contributed by atoms with E-state index in [0.29, 0.717) is 20.8 Å². The predicted octanol–water partition coefficient (Wildman–Crippen LogP) is 5.02. The molecule has 1 aromatic carbocycles. The van der Waals surface area contributed by atoms with Crippen LogP contribution in [-0.2, 0) is 0 Å². The fourth-order valence-electron chi connectivity index (χ4n) is 2.41. The standard InChI is InChI=1S/C17H15Cl2N3OS/c1-9-4-5-10(2)13(6-9)15(23)11(3)24-17-21-20-16-14(19)7-12(18)8-22(16)17/h4-8,11H,1-3H3/t11-/m1/s1. The molecule has 0 bridgehead atoms. The van der Waals surface area contributed by atoms with E-state index in [-0.39, 0.29) is 11.0 Å². The van der Waals surface area contributed by atoms with Crippen molar-refractivity contribution < 1.29 is 4.79 Å². The minimum absolute atomic E-state index is 0.0612. The van der Waals surface area contributed by atoms with Crippen LogP contribution in [0.2, 0.25) is 10.0 Å². The predicted molar refractivity (Wildman–Crippen MR) is 98.6 cm³/mol. The Morgan fingerprint density at radius 3 is 2.71 bits per heavy atom. The highest BCUT2D eigenvalue weighted by Gasteiger charge is 2.21. The normalized spacial score (nSPS) is 12.5. The molecule has 0 spiro atoms. The lowest BCUT2D eigenvalue weighted by atomic mass is 10.0. The van der Waals surface area contributed by atoms with E-state index < -0.39 is 0 Å². The van der Waals surface area contributed by atoms with Crippen LogP contribution in [0.3, 0.4) is 0 Å². The molecular formula is C17H15Cl2N3OS. The van der Waals surface area contributed by atoms with Crippen molar-refractivity contribution in [2.45, 2.75) is 31.2 Å². The Labute approximate surface area is 154 Å². The molecule has 0 saturated heterocycles. The number of carbonyl (C=O) groups is 1. The van der Waals surface area contributed by atoms with Gasteiger partial charge >= 0.3 is 0 Å². The zero-order valence-corrected chi connectivity index (χ0v) is 15.7. The average Bonchev–Trinajstić information content (AvgIpc) is 2.92. The number of Topliss-reactive ketones (excluding diaryl/α,β-unsaturated/α-hetero) is 1. The summed E-state index contributed by atoms with van der Waals surface area (Å²) in [7, 11) is 0. The topological polar surface area (TPSA) is 47.3 Å².